The summed E-state index contributed by atoms with van der Waals surface area (Å²) in [4.78, 5) is 26.5. The molecule has 2 atom stereocenters. The number of benzene rings is 1. The van der Waals surface area contributed by atoms with E-state index in [9.17, 15) is 9.59 Å². The number of nitrogens with one attached hydrogen (secondary N) is 1. The summed E-state index contributed by atoms with van der Waals surface area (Å²) in [7, 11) is 0. The van der Waals surface area contributed by atoms with E-state index in [1.165, 1.54) is 0 Å². The third-order valence-electron chi connectivity index (χ3n) is 5.68. The minimum absolute atomic E-state index is 0.110. The first-order chi connectivity index (χ1) is 12.1. The number of hydrogen-bond acceptors (Lipinski definition) is 3. The van der Waals surface area contributed by atoms with Crippen molar-refractivity contribution in [1.29, 1.82) is 0 Å². The fraction of sp³-hybridized carbons (Fsp3) is 0.600. The second-order valence-corrected chi connectivity index (χ2v) is 7.46. The Morgan fingerprint density at radius 3 is 2.44 bits per heavy atom. The molecule has 0 aromatic heterocycles. The number of piperidine rings is 1. The fourth-order valence-electron chi connectivity index (χ4n) is 3.99. The predicted molar refractivity (Wildman–Crippen MR) is 98.0 cm³/mol. The molecule has 3 N–H and O–H groups in total. The van der Waals surface area contributed by atoms with Gasteiger partial charge in [-0.2, -0.15) is 0 Å². The zero-order valence-corrected chi connectivity index (χ0v) is 14.8. The predicted octanol–water partition coefficient (Wildman–Crippen LogP) is 2.17. The molecule has 5 nitrogen and oxygen atoms in total. The number of carbonyl (C=O) groups excluding carboxylic acids is 2. The Balaban J connectivity index is 1.38. The Morgan fingerprint density at radius 2 is 1.80 bits per heavy atom. The van der Waals surface area contributed by atoms with Crippen molar-refractivity contribution >= 4 is 11.8 Å². The van der Waals surface area contributed by atoms with Gasteiger partial charge in [-0.1, -0.05) is 24.6 Å². The maximum atomic E-state index is 12.4. The van der Waals surface area contributed by atoms with Gasteiger partial charge in [-0.05, 0) is 49.7 Å². The Bertz CT molecular complexity index is 582. The second kappa shape index (κ2) is 8.48. The third kappa shape index (κ3) is 4.82. The van der Waals surface area contributed by atoms with Crippen molar-refractivity contribution in [3.05, 3.63) is 35.9 Å². The van der Waals surface area contributed by atoms with Gasteiger partial charge < -0.3 is 16.0 Å². The van der Waals surface area contributed by atoms with Crippen molar-refractivity contribution in [2.24, 2.45) is 17.6 Å². The van der Waals surface area contributed by atoms with Gasteiger partial charge in [0.2, 0.25) is 5.91 Å². The first kappa shape index (κ1) is 17.9. The highest BCUT2D eigenvalue weighted by Crippen LogP contribution is 2.26. The van der Waals surface area contributed by atoms with Crippen LogP contribution in [0.1, 0.15) is 48.9 Å². The molecular formula is C20H29N3O2. The Labute approximate surface area is 150 Å². The van der Waals surface area contributed by atoms with E-state index in [4.69, 9.17) is 5.73 Å². The van der Waals surface area contributed by atoms with Gasteiger partial charge in [0.15, 0.2) is 0 Å². The third-order valence-corrected chi connectivity index (χ3v) is 5.68. The maximum absolute atomic E-state index is 12.4. The molecule has 1 aromatic carbocycles. The number of nitrogens with two attached hydrogens (primary N) is 1. The summed E-state index contributed by atoms with van der Waals surface area (Å²) in [5.74, 6) is 1.05. The summed E-state index contributed by atoms with van der Waals surface area (Å²) in [6.07, 6.45) is 5.73. The van der Waals surface area contributed by atoms with Gasteiger partial charge in [-0.15, -0.1) is 0 Å². The minimum Gasteiger partial charge on any atom is -0.356 e. The van der Waals surface area contributed by atoms with E-state index in [1.807, 2.05) is 35.2 Å². The molecule has 1 aliphatic carbocycles. The number of rotatable bonds is 5. The zero-order chi connectivity index (χ0) is 17.6. The number of nitrogens with zero attached hydrogens (tertiary/aromatic N) is 1. The molecule has 136 valence electrons. The van der Waals surface area contributed by atoms with Crippen molar-refractivity contribution in [3.63, 3.8) is 0 Å². The Kier molecular flexibility index (Phi) is 6.08. The van der Waals surface area contributed by atoms with Gasteiger partial charge in [-0.3, -0.25) is 9.59 Å². The lowest BCUT2D eigenvalue weighted by Gasteiger charge is -2.32. The topological polar surface area (TPSA) is 75.4 Å². The molecule has 1 aliphatic heterocycles. The number of carbonyl (C=O) groups is 2. The van der Waals surface area contributed by atoms with E-state index in [-0.39, 0.29) is 17.9 Å². The van der Waals surface area contributed by atoms with Gasteiger partial charge >= 0.3 is 0 Å². The first-order valence-corrected chi connectivity index (χ1v) is 9.50. The maximum Gasteiger partial charge on any atom is 0.253 e. The Hall–Kier alpha value is -1.88. The smallest absolute Gasteiger partial charge is 0.253 e. The van der Waals surface area contributed by atoms with E-state index in [2.05, 4.69) is 5.32 Å². The van der Waals surface area contributed by atoms with Crippen LogP contribution >= 0.6 is 0 Å². The average Bonchev–Trinajstić information content (AvgIpc) is 3.05. The van der Waals surface area contributed by atoms with Gasteiger partial charge in [0, 0.05) is 37.7 Å². The van der Waals surface area contributed by atoms with Crippen LogP contribution in [-0.2, 0) is 4.79 Å². The van der Waals surface area contributed by atoms with Gasteiger partial charge in [0.05, 0.1) is 0 Å². The molecule has 5 heteroatoms. The lowest BCUT2D eigenvalue weighted by atomic mass is 9.95. The van der Waals surface area contributed by atoms with Crippen molar-refractivity contribution in [2.45, 2.75) is 44.6 Å². The van der Waals surface area contributed by atoms with Crippen molar-refractivity contribution in [2.75, 3.05) is 19.6 Å². The average molecular weight is 343 g/mol. The molecule has 2 amide bonds. The van der Waals surface area contributed by atoms with Crippen LogP contribution in [0.2, 0.25) is 0 Å². The van der Waals surface area contributed by atoms with E-state index in [1.54, 1.807) is 0 Å². The second-order valence-electron chi connectivity index (χ2n) is 7.46. The van der Waals surface area contributed by atoms with Gasteiger partial charge in [-0.25, -0.2) is 0 Å². The molecule has 0 bridgehead atoms. The summed E-state index contributed by atoms with van der Waals surface area (Å²) >= 11 is 0. The zero-order valence-electron chi connectivity index (χ0n) is 14.8. The van der Waals surface area contributed by atoms with Crippen molar-refractivity contribution in [1.82, 2.24) is 10.2 Å². The molecule has 2 fully saturated rings. The summed E-state index contributed by atoms with van der Waals surface area (Å²) < 4.78 is 0. The molecule has 1 saturated heterocycles. The minimum atomic E-state index is 0.110. The molecular weight excluding hydrogens is 314 g/mol. The summed E-state index contributed by atoms with van der Waals surface area (Å²) in [6.45, 7) is 2.25. The van der Waals surface area contributed by atoms with E-state index in [0.29, 0.717) is 24.8 Å². The Morgan fingerprint density at radius 1 is 1.08 bits per heavy atom. The fourth-order valence-corrected chi connectivity index (χ4v) is 3.99. The largest absolute Gasteiger partial charge is 0.356 e. The van der Waals surface area contributed by atoms with Crippen LogP contribution in [0.4, 0.5) is 0 Å². The van der Waals surface area contributed by atoms with E-state index >= 15 is 0 Å². The molecule has 0 radical (unpaired) electrons. The number of hydrogen-bond donors (Lipinski definition) is 2. The van der Waals surface area contributed by atoms with Crippen LogP contribution in [0.5, 0.6) is 0 Å². The standard InChI is InChI=1S/C20H29N3O2/c21-18-8-4-7-17(18)13-19(24)22-14-15-9-11-23(12-10-15)20(25)16-5-2-1-3-6-16/h1-3,5-6,15,17-18H,4,7-14,21H2,(H,22,24)/t17-,18+/m0/s1. The normalized spacial score (nSPS) is 24.3. The molecule has 2 aliphatic rings. The quantitative estimate of drug-likeness (QED) is 0.860. The molecule has 3 rings (SSSR count). The van der Waals surface area contributed by atoms with Crippen molar-refractivity contribution in [3.8, 4) is 0 Å². The highest BCUT2D eigenvalue weighted by atomic mass is 16.2. The van der Waals surface area contributed by atoms with Gasteiger partial charge in [0.25, 0.3) is 5.91 Å². The van der Waals surface area contributed by atoms with Crippen LogP contribution < -0.4 is 11.1 Å². The highest BCUT2D eigenvalue weighted by Gasteiger charge is 2.27. The SMILES string of the molecule is N[C@@H]1CCC[C@H]1CC(=O)NCC1CCN(C(=O)c2ccccc2)CC1. The van der Waals surface area contributed by atoms with Crippen LogP contribution in [0.3, 0.4) is 0 Å². The van der Waals surface area contributed by atoms with Gasteiger partial charge in [0.1, 0.15) is 0 Å². The first-order valence-electron chi connectivity index (χ1n) is 9.50. The van der Waals surface area contributed by atoms with Crippen LogP contribution in [0.15, 0.2) is 30.3 Å². The number of likely N-dealkylation sites (tertiary alicyclic amines) is 1. The summed E-state index contributed by atoms with van der Waals surface area (Å²) in [5.41, 5.74) is 6.79. The monoisotopic (exact) mass is 343 g/mol. The van der Waals surface area contributed by atoms with E-state index < -0.39 is 0 Å². The molecule has 25 heavy (non-hydrogen) atoms. The van der Waals surface area contributed by atoms with Crippen LogP contribution in [0, 0.1) is 11.8 Å². The molecule has 1 aromatic rings. The molecule has 0 unspecified atom stereocenters. The lowest BCUT2D eigenvalue weighted by molar-refractivity contribution is -0.122. The summed E-state index contributed by atoms with van der Waals surface area (Å²) in [5, 5.41) is 3.08. The highest BCUT2D eigenvalue weighted by molar-refractivity contribution is 5.94. The molecule has 0 spiro atoms. The molecule has 1 heterocycles. The molecule has 1 saturated carbocycles. The van der Waals surface area contributed by atoms with Crippen molar-refractivity contribution < 1.29 is 9.59 Å². The van der Waals surface area contributed by atoms with E-state index in [0.717, 1.165) is 50.8 Å². The van der Waals surface area contributed by atoms with Crippen LogP contribution in [0.25, 0.3) is 0 Å². The number of amides is 2. The van der Waals surface area contributed by atoms with Crippen LogP contribution in [-0.4, -0.2) is 42.4 Å². The lowest BCUT2D eigenvalue weighted by Crippen LogP contribution is -2.42. The summed E-state index contributed by atoms with van der Waals surface area (Å²) in [6, 6.07) is 9.63.